The van der Waals surface area contributed by atoms with E-state index in [-0.39, 0.29) is 11.5 Å². The smallest absolute Gasteiger partial charge is 0.267 e. The Kier molecular flexibility index (Phi) is 5.66. The third kappa shape index (κ3) is 4.15. The number of carbonyl (C=O) groups is 1. The van der Waals surface area contributed by atoms with Gasteiger partial charge in [0.05, 0.1) is 17.3 Å². The highest BCUT2D eigenvalue weighted by Crippen LogP contribution is 2.19. The number of carbonyl (C=O) groups excluding carboxylic acids is 1. The molecule has 0 aliphatic rings. The molecule has 1 N–H and O–H groups in total. The molecule has 0 saturated heterocycles. The Labute approximate surface area is 163 Å². The summed E-state index contributed by atoms with van der Waals surface area (Å²) in [6.07, 6.45) is 0.397. The summed E-state index contributed by atoms with van der Waals surface area (Å²) in [5.74, 6) is -0.353. The molecule has 2 aromatic carbocycles. The maximum absolute atomic E-state index is 12.8. The van der Waals surface area contributed by atoms with Gasteiger partial charge in [0.2, 0.25) is 5.91 Å². The molecule has 0 fully saturated rings. The number of benzene rings is 2. The van der Waals surface area contributed by atoms with Gasteiger partial charge in [-0.05, 0) is 37.6 Å². The molecule has 3 aromatic rings. The molecule has 28 heavy (non-hydrogen) atoms. The molecular weight excluding hydrogens is 352 g/mol. The Morgan fingerprint density at radius 1 is 1.18 bits per heavy atom. The lowest BCUT2D eigenvalue weighted by molar-refractivity contribution is -0.119. The standard InChI is InChI=1S/C22H20N4O2/c1-3-20(22(28)24-18-6-4-5-16(13-18)14-23)26-21(27)12-11-19(25-26)17-9-7-15(2)8-10-17/h4-13,20H,3H2,1-2H3,(H,24,28)/t20-/m1/s1. The van der Waals surface area contributed by atoms with Crippen LogP contribution < -0.4 is 10.9 Å². The van der Waals surface area contributed by atoms with Crippen molar-refractivity contribution in [1.29, 1.82) is 5.26 Å². The summed E-state index contributed by atoms with van der Waals surface area (Å²) in [4.78, 5) is 25.2. The highest BCUT2D eigenvalue weighted by atomic mass is 16.2. The first-order valence-corrected chi connectivity index (χ1v) is 8.99. The van der Waals surface area contributed by atoms with Crippen LogP contribution in [0, 0.1) is 18.3 Å². The fraction of sp³-hybridized carbons (Fsp3) is 0.182. The molecule has 0 aliphatic carbocycles. The van der Waals surface area contributed by atoms with E-state index in [1.165, 1.54) is 10.7 Å². The molecule has 3 rings (SSSR count). The second kappa shape index (κ2) is 8.31. The minimum Gasteiger partial charge on any atom is -0.324 e. The van der Waals surface area contributed by atoms with Crippen LogP contribution in [0.5, 0.6) is 0 Å². The number of nitrogens with zero attached hydrogens (tertiary/aromatic N) is 3. The molecule has 0 unspecified atom stereocenters. The molecule has 0 bridgehead atoms. The van der Waals surface area contributed by atoms with Gasteiger partial charge in [-0.3, -0.25) is 9.59 Å². The molecule has 1 atom stereocenters. The summed E-state index contributed by atoms with van der Waals surface area (Å²) in [7, 11) is 0. The van der Waals surface area contributed by atoms with E-state index in [0.29, 0.717) is 23.4 Å². The Bertz CT molecular complexity index is 1090. The van der Waals surface area contributed by atoms with Gasteiger partial charge in [-0.2, -0.15) is 10.4 Å². The number of amides is 1. The lowest BCUT2D eigenvalue weighted by atomic mass is 10.1. The predicted molar refractivity (Wildman–Crippen MR) is 108 cm³/mol. The second-order valence-electron chi connectivity index (χ2n) is 6.47. The van der Waals surface area contributed by atoms with Gasteiger partial charge in [-0.15, -0.1) is 0 Å². The minimum absolute atomic E-state index is 0.344. The zero-order valence-corrected chi connectivity index (χ0v) is 15.7. The maximum atomic E-state index is 12.8. The fourth-order valence-corrected chi connectivity index (χ4v) is 2.89. The Balaban J connectivity index is 1.92. The second-order valence-corrected chi connectivity index (χ2v) is 6.47. The molecule has 6 nitrogen and oxygen atoms in total. The highest BCUT2D eigenvalue weighted by Gasteiger charge is 2.21. The number of hydrogen-bond donors (Lipinski definition) is 1. The molecule has 6 heteroatoms. The van der Waals surface area contributed by atoms with Crippen molar-refractivity contribution < 1.29 is 4.79 Å². The summed E-state index contributed by atoms with van der Waals surface area (Å²) in [6.45, 7) is 3.82. The number of hydrogen-bond acceptors (Lipinski definition) is 4. The lowest BCUT2D eigenvalue weighted by Gasteiger charge is -2.17. The molecule has 1 amide bonds. The summed E-state index contributed by atoms with van der Waals surface area (Å²) in [6, 6.07) is 18.8. The number of aryl methyl sites for hydroxylation is 1. The Hall–Kier alpha value is -3.72. The van der Waals surface area contributed by atoms with Crippen molar-refractivity contribution in [1.82, 2.24) is 9.78 Å². The van der Waals surface area contributed by atoms with E-state index in [2.05, 4.69) is 10.4 Å². The van der Waals surface area contributed by atoms with Crippen LogP contribution in [-0.4, -0.2) is 15.7 Å². The van der Waals surface area contributed by atoms with E-state index >= 15 is 0 Å². The number of nitriles is 1. The molecule has 0 spiro atoms. The van der Waals surface area contributed by atoms with E-state index in [9.17, 15) is 9.59 Å². The van der Waals surface area contributed by atoms with Gasteiger partial charge >= 0.3 is 0 Å². The van der Waals surface area contributed by atoms with Crippen LogP contribution in [0.25, 0.3) is 11.3 Å². The lowest BCUT2D eigenvalue weighted by Crippen LogP contribution is -2.34. The zero-order chi connectivity index (χ0) is 20.1. The topological polar surface area (TPSA) is 87.8 Å². The molecule has 0 radical (unpaired) electrons. The number of nitrogens with one attached hydrogen (secondary N) is 1. The maximum Gasteiger partial charge on any atom is 0.267 e. The van der Waals surface area contributed by atoms with Crippen molar-refractivity contribution in [2.45, 2.75) is 26.3 Å². The van der Waals surface area contributed by atoms with Crippen LogP contribution in [0.3, 0.4) is 0 Å². The van der Waals surface area contributed by atoms with E-state index < -0.39 is 6.04 Å². The summed E-state index contributed by atoms with van der Waals surface area (Å²) < 4.78 is 1.22. The fourth-order valence-electron chi connectivity index (χ4n) is 2.89. The van der Waals surface area contributed by atoms with Crippen molar-refractivity contribution in [3.63, 3.8) is 0 Å². The van der Waals surface area contributed by atoms with Crippen molar-refractivity contribution in [2.75, 3.05) is 5.32 Å². The molecule has 0 aliphatic heterocycles. The van der Waals surface area contributed by atoms with Crippen LogP contribution in [0.15, 0.2) is 65.5 Å². The Morgan fingerprint density at radius 2 is 1.93 bits per heavy atom. The van der Waals surface area contributed by atoms with Crippen LogP contribution in [-0.2, 0) is 4.79 Å². The average Bonchev–Trinajstić information content (AvgIpc) is 2.70. The minimum atomic E-state index is -0.761. The van der Waals surface area contributed by atoms with Gasteiger partial charge in [0.15, 0.2) is 0 Å². The van der Waals surface area contributed by atoms with Crippen LogP contribution in [0.2, 0.25) is 0 Å². The summed E-state index contributed by atoms with van der Waals surface area (Å²) in [5, 5.41) is 16.2. The zero-order valence-electron chi connectivity index (χ0n) is 15.7. The molecule has 1 heterocycles. The van der Waals surface area contributed by atoms with Crippen molar-refractivity contribution in [2.24, 2.45) is 0 Å². The first-order chi connectivity index (χ1) is 13.5. The summed E-state index contributed by atoms with van der Waals surface area (Å²) in [5.41, 5.74) is 3.23. The van der Waals surface area contributed by atoms with E-state index in [1.807, 2.05) is 44.2 Å². The monoisotopic (exact) mass is 372 g/mol. The van der Waals surface area contributed by atoms with Crippen LogP contribution in [0.4, 0.5) is 5.69 Å². The quantitative estimate of drug-likeness (QED) is 0.740. The van der Waals surface area contributed by atoms with Crippen molar-refractivity contribution >= 4 is 11.6 Å². The van der Waals surface area contributed by atoms with Gasteiger partial charge in [0, 0.05) is 17.3 Å². The normalized spacial score (nSPS) is 11.5. The summed E-state index contributed by atoms with van der Waals surface area (Å²) >= 11 is 0. The van der Waals surface area contributed by atoms with E-state index in [1.54, 1.807) is 30.3 Å². The molecule has 140 valence electrons. The predicted octanol–water partition coefficient (Wildman–Crippen LogP) is 3.68. The molecule has 1 aromatic heterocycles. The molecule has 0 saturated carbocycles. The number of anilines is 1. The highest BCUT2D eigenvalue weighted by molar-refractivity contribution is 5.93. The van der Waals surface area contributed by atoms with Gasteiger partial charge in [0.25, 0.3) is 5.56 Å². The van der Waals surface area contributed by atoms with Crippen LogP contribution in [0.1, 0.15) is 30.5 Å². The third-order valence-electron chi connectivity index (χ3n) is 4.42. The van der Waals surface area contributed by atoms with Gasteiger partial charge < -0.3 is 5.32 Å². The van der Waals surface area contributed by atoms with Crippen molar-refractivity contribution in [3.05, 3.63) is 82.1 Å². The molecular formula is C22H20N4O2. The van der Waals surface area contributed by atoms with Gasteiger partial charge in [0.1, 0.15) is 6.04 Å². The van der Waals surface area contributed by atoms with Gasteiger partial charge in [-0.1, -0.05) is 42.8 Å². The van der Waals surface area contributed by atoms with E-state index in [4.69, 9.17) is 5.26 Å². The first kappa shape index (κ1) is 19.1. The third-order valence-corrected chi connectivity index (χ3v) is 4.42. The van der Waals surface area contributed by atoms with Crippen LogP contribution >= 0.6 is 0 Å². The Morgan fingerprint density at radius 3 is 2.61 bits per heavy atom. The van der Waals surface area contributed by atoms with Gasteiger partial charge in [-0.25, -0.2) is 4.68 Å². The number of rotatable bonds is 5. The van der Waals surface area contributed by atoms with Crippen molar-refractivity contribution in [3.8, 4) is 17.3 Å². The first-order valence-electron chi connectivity index (χ1n) is 8.99. The van der Waals surface area contributed by atoms with E-state index in [0.717, 1.165) is 11.1 Å². The number of aromatic nitrogens is 2. The average molecular weight is 372 g/mol. The largest absolute Gasteiger partial charge is 0.324 e. The SMILES string of the molecule is CC[C@H](C(=O)Nc1cccc(C#N)c1)n1nc(-c2ccc(C)cc2)ccc1=O.